The highest BCUT2D eigenvalue weighted by atomic mass is 19.1. The summed E-state index contributed by atoms with van der Waals surface area (Å²) in [6.07, 6.45) is 0.946. The molecule has 154 valence electrons. The highest BCUT2D eigenvalue weighted by molar-refractivity contribution is 6.12. The number of hydrogen-bond acceptors (Lipinski definition) is 4. The summed E-state index contributed by atoms with van der Waals surface area (Å²) in [6, 6.07) is 14.2. The van der Waals surface area contributed by atoms with Crippen molar-refractivity contribution in [1.82, 2.24) is 0 Å². The number of fused-ring (bicyclic) bond motifs is 1. The van der Waals surface area contributed by atoms with Crippen LogP contribution in [0.3, 0.4) is 0 Å². The molecule has 4 rings (SSSR count). The predicted molar refractivity (Wildman–Crippen MR) is 113 cm³/mol. The third-order valence-electron chi connectivity index (χ3n) is 6.10. The maximum Gasteiger partial charge on any atom is 0.336 e. The van der Waals surface area contributed by atoms with Crippen molar-refractivity contribution in [3.63, 3.8) is 0 Å². The number of carbonyl (C=O) groups excluding carboxylic acids is 2. The Labute approximate surface area is 175 Å². The number of aryl methyl sites for hydroxylation is 1. The molecule has 2 aliphatic rings. The zero-order chi connectivity index (χ0) is 21.4. The SMILES string of the molecule is COC(=O)C1=C(C)N=C2C[C@@H](c3ccc(F)cc3)CC(=O)C2[C@H]1c1cccc(C)c1. The summed E-state index contributed by atoms with van der Waals surface area (Å²) in [6.45, 7) is 3.78. The number of ketones is 1. The number of halogens is 1. The molecule has 4 nitrogen and oxygen atoms in total. The van der Waals surface area contributed by atoms with Crippen molar-refractivity contribution >= 4 is 17.5 Å². The van der Waals surface area contributed by atoms with Crippen LogP contribution in [0, 0.1) is 18.7 Å². The molecule has 1 saturated carbocycles. The number of aliphatic imine (C=N–C) groups is 1. The molecule has 0 saturated heterocycles. The molecule has 1 aliphatic carbocycles. The second kappa shape index (κ2) is 7.98. The summed E-state index contributed by atoms with van der Waals surface area (Å²) in [4.78, 5) is 30.7. The van der Waals surface area contributed by atoms with Gasteiger partial charge in [0.25, 0.3) is 0 Å². The molecule has 1 unspecified atom stereocenters. The second-order valence-corrected chi connectivity index (χ2v) is 8.09. The summed E-state index contributed by atoms with van der Waals surface area (Å²) in [5, 5.41) is 0. The van der Waals surface area contributed by atoms with Gasteiger partial charge in [-0.15, -0.1) is 0 Å². The van der Waals surface area contributed by atoms with Crippen LogP contribution in [-0.2, 0) is 14.3 Å². The van der Waals surface area contributed by atoms with Crippen LogP contribution in [0.5, 0.6) is 0 Å². The largest absolute Gasteiger partial charge is 0.466 e. The summed E-state index contributed by atoms with van der Waals surface area (Å²) < 4.78 is 18.4. The molecule has 0 bridgehead atoms. The Hall–Kier alpha value is -3.08. The van der Waals surface area contributed by atoms with Gasteiger partial charge >= 0.3 is 5.97 Å². The first kappa shape index (κ1) is 20.2. The van der Waals surface area contributed by atoms with E-state index in [1.165, 1.54) is 19.2 Å². The molecule has 0 N–H and O–H groups in total. The van der Waals surface area contributed by atoms with Crippen molar-refractivity contribution in [2.75, 3.05) is 7.11 Å². The van der Waals surface area contributed by atoms with E-state index in [0.29, 0.717) is 24.1 Å². The minimum atomic E-state index is -0.485. The molecule has 1 aliphatic heterocycles. The molecular formula is C25H24FNO3. The Bertz CT molecular complexity index is 1070. The lowest BCUT2D eigenvalue weighted by Gasteiger charge is -2.38. The first-order valence-corrected chi connectivity index (χ1v) is 10.1. The van der Waals surface area contributed by atoms with Gasteiger partial charge in [0.1, 0.15) is 11.6 Å². The molecule has 0 spiro atoms. The van der Waals surface area contributed by atoms with Gasteiger partial charge in [-0.1, -0.05) is 42.0 Å². The fourth-order valence-corrected chi connectivity index (χ4v) is 4.75. The standard InChI is InChI=1S/C25H24FNO3/c1-14-5-4-6-17(11-14)23-22(25(29)30-3)15(2)27-20-12-18(13-21(28)24(20)23)16-7-9-19(26)10-8-16/h4-11,18,23-24H,12-13H2,1-3H3/t18-,23+,24?/m1/s1. The van der Waals surface area contributed by atoms with Crippen LogP contribution in [0.25, 0.3) is 0 Å². The fourth-order valence-electron chi connectivity index (χ4n) is 4.75. The number of allylic oxidation sites excluding steroid dienone is 1. The Kier molecular flexibility index (Phi) is 5.37. The van der Waals surface area contributed by atoms with E-state index in [1.54, 1.807) is 19.1 Å². The van der Waals surface area contributed by atoms with E-state index < -0.39 is 17.8 Å². The Balaban J connectivity index is 1.79. The summed E-state index contributed by atoms with van der Waals surface area (Å²) >= 11 is 0. The quantitative estimate of drug-likeness (QED) is 0.684. The molecule has 0 aromatic heterocycles. The van der Waals surface area contributed by atoms with Crippen LogP contribution in [0.15, 0.2) is 64.8 Å². The normalized spacial score (nSPS) is 23.7. The maximum atomic E-state index is 13.4. The van der Waals surface area contributed by atoms with Gasteiger partial charge in [0.15, 0.2) is 0 Å². The third-order valence-corrected chi connectivity index (χ3v) is 6.10. The summed E-state index contributed by atoms with van der Waals surface area (Å²) in [5.74, 6) is -1.63. The number of ether oxygens (including phenoxy) is 1. The first-order valence-electron chi connectivity index (χ1n) is 10.1. The lowest BCUT2D eigenvalue weighted by molar-refractivity contribution is -0.136. The van der Waals surface area contributed by atoms with Crippen molar-refractivity contribution < 1.29 is 18.7 Å². The predicted octanol–water partition coefficient (Wildman–Crippen LogP) is 4.88. The highest BCUT2D eigenvalue weighted by Crippen LogP contribution is 2.46. The Morgan fingerprint density at radius 2 is 1.77 bits per heavy atom. The molecule has 2 aromatic rings. The van der Waals surface area contributed by atoms with Crippen molar-refractivity contribution in [1.29, 1.82) is 0 Å². The van der Waals surface area contributed by atoms with Crippen molar-refractivity contribution in [3.8, 4) is 0 Å². The lowest BCUT2D eigenvalue weighted by atomic mass is 9.66. The molecule has 0 amide bonds. The van der Waals surface area contributed by atoms with E-state index in [0.717, 1.165) is 22.4 Å². The number of carbonyl (C=O) groups is 2. The topological polar surface area (TPSA) is 55.7 Å². The van der Waals surface area contributed by atoms with Crippen molar-refractivity contribution in [2.45, 2.75) is 38.5 Å². The number of Topliss-reactive ketones (excluding diaryl/α,β-unsaturated/α-hetero) is 1. The fraction of sp³-hybridized carbons (Fsp3) is 0.320. The van der Waals surface area contributed by atoms with Crippen LogP contribution in [0.2, 0.25) is 0 Å². The number of methoxy groups -OCH3 is 1. The molecule has 5 heteroatoms. The van der Waals surface area contributed by atoms with Gasteiger partial charge in [0, 0.05) is 23.7 Å². The summed E-state index contributed by atoms with van der Waals surface area (Å²) in [5.41, 5.74) is 4.74. The minimum absolute atomic E-state index is 0.0428. The van der Waals surface area contributed by atoms with Crippen LogP contribution in [0.4, 0.5) is 4.39 Å². The zero-order valence-electron chi connectivity index (χ0n) is 17.3. The average molecular weight is 405 g/mol. The van der Waals surface area contributed by atoms with E-state index in [9.17, 15) is 14.0 Å². The van der Waals surface area contributed by atoms with Crippen LogP contribution in [-0.4, -0.2) is 24.6 Å². The van der Waals surface area contributed by atoms with E-state index in [1.807, 2.05) is 31.2 Å². The van der Waals surface area contributed by atoms with Gasteiger partial charge in [-0.25, -0.2) is 9.18 Å². The lowest BCUT2D eigenvalue weighted by Crippen LogP contribution is -2.41. The van der Waals surface area contributed by atoms with E-state index >= 15 is 0 Å². The smallest absolute Gasteiger partial charge is 0.336 e. The van der Waals surface area contributed by atoms with Crippen LogP contribution in [0.1, 0.15) is 48.3 Å². The molecule has 2 aromatic carbocycles. The molecular weight excluding hydrogens is 381 g/mol. The number of nitrogens with zero attached hydrogens (tertiary/aromatic N) is 1. The zero-order valence-corrected chi connectivity index (χ0v) is 17.3. The molecule has 30 heavy (non-hydrogen) atoms. The first-order chi connectivity index (χ1) is 14.4. The molecule has 0 radical (unpaired) electrons. The van der Waals surface area contributed by atoms with Crippen LogP contribution >= 0.6 is 0 Å². The number of esters is 1. The van der Waals surface area contributed by atoms with Crippen LogP contribution < -0.4 is 0 Å². The van der Waals surface area contributed by atoms with Gasteiger partial charge in [-0.2, -0.15) is 0 Å². The summed E-state index contributed by atoms with van der Waals surface area (Å²) in [7, 11) is 1.35. The van der Waals surface area contributed by atoms with Gasteiger partial charge in [-0.05, 0) is 49.4 Å². The maximum absolute atomic E-state index is 13.4. The number of hydrogen-bond donors (Lipinski definition) is 0. The molecule has 1 heterocycles. The second-order valence-electron chi connectivity index (χ2n) is 8.09. The van der Waals surface area contributed by atoms with Gasteiger partial charge in [0.05, 0.1) is 18.6 Å². The third kappa shape index (κ3) is 3.60. The number of benzene rings is 2. The van der Waals surface area contributed by atoms with Gasteiger partial charge in [-0.3, -0.25) is 9.79 Å². The molecule has 3 atom stereocenters. The van der Waals surface area contributed by atoms with Crippen molar-refractivity contribution in [2.24, 2.45) is 10.9 Å². The van der Waals surface area contributed by atoms with E-state index in [-0.39, 0.29) is 17.5 Å². The monoisotopic (exact) mass is 405 g/mol. The minimum Gasteiger partial charge on any atom is -0.466 e. The highest BCUT2D eigenvalue weighted by Gasteiger charge is 2.45. The Morgan fingerprint density at radius 3 is 2.43 bits per heavy atom. The van der Waals surface area contributed by atoms with Crippen molar-refractivity contribution in [3.05, 3.63) is 82.3 Å². The average Bonchev–Trinajstić information content (AvgIpc) is 2.72. The number of rotatable bonds is 3. The molecule has 1 fully saturated rings. The van der Waals surface area contributed by atoms with E-state index in [2.05, 4.69) is 0 Å². The van der Waals surface area contributed by atoms with Gasteiger partial charge in [0.2, 0.25) is 0 Å². The van der Waals surface area contributed by atoms with E-state index in [4.69, 9.17) is 9.73 Å². The Morgan fingerprint density at radius 1 is 1.03 bits per heavy atom. The van der Waals surface area contributed by atoms with Gasteiger partial charge < -0.3 is 4.74 Å².